The van der Waals surface area contributed by atoms with Crippen LogP contribution in [0.5, 0.6) is 0 Å². The predicted molar refractivity (Wildman–Crippen MR) is 92.9 cm³/mol. The second-order valence-electron chi connectivity index (χ2n) is 4.87. The van der Waals surface area contributed by atoms with E-state index in [1.165, 1.54) is 34.7 Å². The molecule has 0 atom stereocenters. The summed E-state index contributed by atoms with van der Waals surface area (Å²) in [5.74, 6) is -0.202. The van der Waals surface area contributed by atoms with Gasteiger partial charge in [-0.1, -0.05) is 12.1 Å². The van der Waals surface area contributed by atoms with E-state index in [1.54, 1.807) is 18.2 Å². The monoisotopic (exact) mass is 350 g/mol. The van der Waals surface area contributed by atoms with Crippen molar-refractivity contribution >= 4 is 33.0 Å². The highest BCUT2D eigenvalue weighted by atomic mass is 32.2. The van der Waals surface area contributed by atoms with Gasteiger partial charge in [0.05, 0.1) is 4.90 Å². The highest BCUT2D eigenvalue weighted by Gasteiger charge is 2.23. The molecule has 1 heterocycles. The number of hydrogen-bond acceptors (Lipinski definition) is 4. The van der Waals surface area contributed by atoms with Crippen LogP contribution in [-0.4, -0.2) is 25.2 Å². The van der Waals surface area contributed by atoms with Crippen LogP contribution >= 0.6 is 11.3 Å². The third-order valence-electron chi connectivity index (χ3n) is 3.06. The van der Waals surface area contributed by atoms with Gasteiger partial charge >= 0.3 is 0 Å². The summed E-state index contributed by atoms with van der Waals surface area (Å²) in [6.07, 6.45) is 1.57. The Morgan fingerprint density at radius 2 is 2.00 bits per heavy atom. The Hall–Kier alpha value is -1.96. The molecule has 0 fully saturated rings. The van der Waals surface area contributed by atoms with E-state index in [0.29, 0.717) is 12.2 Å². The van der Waals surface area contributed by atoms with Crippen molar-refractivity contribution in [1.29, 1.82) is 0 Å². The molecule has 1 aromatic carbocycles. The molecular formula is C16H18N2O3S2. The fraction of sp³-hybridized carbons (Fsp3) is 0.188. The quantitative estimate of drug-likeness (QED) is 0.780. The molecule has 0 aliphatic carbocycles. The third-order valence-corrected chi connectivity index (χ3v) is 5.74. The number of nitrogens with one attached hydrogen (secondary N) is 1. The predicted octanol–water partition coefficient (Wildman–Crippen LogP) is 3.08. The van der Waals surface area contributed by atoms with E-state index in [0.717, 1.165) is 4.88 Å². The Morgan fingerprint density at radius 3 is 2.52 bits per heavy atom. The van der Waals surface area contributed by atoms with Gasteiger partial charge in [0.2, 0.25) is 15.9 Å². The second-order valence-corrected chi connectivity index (χ2v) is 7.84. The number of thiophene rings is 1. The van der Waals surface area contributed by atoms with Crippen LogP contribution in [0.1, 0.15) is 11.8 Å². The first kappa shape index (κ1) is 17.4. The summed E-state index contributed by atoms with van der Waals surface area (Å²) >= 11 is 1.51. The number of nitrogens with zero attached hydrogens (tertiary/aromatic N) is 1. The molecule has 0 saturated heterocycles. The van der Waals surface area contributed by atoms with Crippen molar-refractivity contribution in [3.05, 3.63) is 59.3 Å². The minimum atomic E-state index is -3.63. The van der Waals surface area contributed by atoms with Crippen molar-refractivity contribution < 1.29 is 13.2 Å². The van der Waals surface area contributed by atoms with Crippen LogP contribution in [-0.2, 0) is 21.4 Å². The van der Waals surface area contributed by atoms with Crippen LogP contribution in [0.3, 0.4) is 0 Å². The van der Waals surface area contributed by atoms with Crippen molar-refractivity contribution in [2.24, 2.45) is 0 Å². The second kappa shape index (κ2) is 7.54. The van der Waals surface area contributed by atoms with E-state index >= 15 is 0 Å². The highest BCUT2D eigenvalue weighted by Crippen LogP contribution is 2.22. The number of sulfonamides is 1. The van der Waals surface area contributed by atoms with Crippen molar-refractivity contribution in [2.75, 3.05) is 11.9 Å². The number of carbonyl (C=O) groups is 1. The smallest absolute Gasteiger partial charge is 0.243 e. The molecular weight excluding hydrogens is 332 g/mol. The lowest BCUT2D eigenvalue weighted by Crippen LogP contribution is -2.30. The summed E-state index contributed by atoms with van der Waals surface area (Å²) in [6.45, 7) is 5.57. The minimum Gasteiger partial charge on any atom is -0.326 e. The number of carbonyl (C=O) groups excluding carboxylic acids is 1. The molecule has 122 valence electrons. The van der Waals surface area contributed by atoms with Gasteiger partial charge in [-0.15, -0.1) is 17.9 Å². The van der Waals surface area contributed by atoms with Crippen LogP contribution in [0, 0.1) is 0 Å². The minimum absolute atomic E-state index is 0.185. The SMILES string of the molecule is C=CCN(Cc1cccs1)S(=O)(=O)c1ccc(NC(C)=O)cc1. The third kappa shape index (κ3) is 4.51. The lowest BCUT2D eigenvalue weighted by atomic mass is 10.3. The van der Waals surface area contributed by atoms with E-state index in [1.807, 2.05) is 17.5 Å². The van der Waals surface area contributed by atoms with Gasteiger partial charge in [0.25, 0.3) is 0 Å². The fourth-order valence-electron chi connectivity index (χ4n) is 2.03. The summed E-state index contributed by atoms with van der Waals surface area (Å²) in [6, 6.07) is 9.92. The molecule has 2 rings (SSSR count). The molecule has 23 heavy (non-hydrogen) atoms. The van der Waals surface area contributed by atoms with Crippen molar-refractivity contribution in [1.82, 2.24) is 4.31 Å². The molecule has 0 unspecified atom stereocenters. The number of amides is 1. The highest BCUT2D eigenvalue weighted by molar-refractivity contribution is 7.89. The number of anilines is 1. The average molecular weight is 350 g/mol. The number of benzene rings is 1. The Balaban J connectivity index is 2.25. The van der Waals surface area contributed by atoms with Gasteiger partial charge in [0.15, 0.2) is 0 Å². The molecule has 1 N–H and O–H groups in total. The lowest BCUT2D eigenvalue weighted by Gasteiger charge is -2.20. The number of rotatable bonds is 7. The van der Waals surface area contributed by atoms with Crippen LogP contribution in [0.2, 0.25) is 0 Å². The maximum atomic E-state index is 12.8. The largest absolute Gasteiger partial charge is 0.326 e. The standard InChI is InChI=1S/C16H18N2O3S2/c1-3-10-18(12-15-5-4-11-22-15)23(20,21)16-8-6-14(7-9-16)17-13(2)19/h3-9,11H,1,10,12H2,2H3,(H,17,19). The summed E-state index contributed by atoms with van der Waals surface area (Å²) in [5, 5.41) is 4.53. The summed E-state index contributed by atoms with van der Waals surface area (Å²) in [5.41, 5.74) is 0.560. The summed E-state index contributed by atoms with van der Waals surface area (Å²) < 4.78 is 26.9. The molecule has 1 aromatic heterocycles. The van der Waals surface area contributed by atoms with E-state index < -0.39 is 10.0 Å². The zero-order chi connectivity index (χ0) is 16.9. The van der Waals surface area contributed by atoms with Crippen molar-refractivity contribution in [3.8, 4) is 0 Å². The first-order valence-corrected chi connectivity index (χ1v) is 9.26. The molecule has 7 heteroatoms. The van der Waals surface area contributed by atoms with Gasteiger partial charge in [0, 0.05) is 30.6 Å². The molecule has 0 radical (unpaired) electrons. The molecule has 2 aromatic rings. The molecule has 5 nitrogen and oxygen atoms in total. The zero-order valence-electron chi connectivity index (χ0n) is 12.7. The maximum absolute atomic E-state index is 12.8. The van der Waals surface area contributed by atoms with Gasteiger partial charge in [-0.2, -0.15) is 4.31 Å². The first-order valence-electron chi connectivity index (χ1n) is 6.94. The molecule has 0 aliphatic heterocycles. The van der Waals surface area contributed by atoms with E-state index in [9.17, 15) is 13.2 Å². The van der Waals surface area contributed by atoms with Gasteiger partial charge < -0.3 is 5.32 Å². The normalized spacial score (nSPS) is 11.4. The van der Waals surface area contributed by atoms with Gasteiger partial charge in [-0.05, 0) is 35.7 Å². The van der Waals surface area contributed by atoms with Gasteiger partial charge in [-0.3, -0.25) is 4.79 Å². The number of hydrogen-bond donors (Lipinski definition) is 1. The van der Waals surface area contributed by atoms with Crippen LogP contribution in [0.25, 0.3) is 0 Å². The van der Waals surface area contributed by atoms with E-state index in [2.05, 4.69) is 11.9 Å². The molecule has 0 saturated carbocycles. The Kier molecular flexibility index (Phi) is 5.70. The summed E-state index contributed by atoms with van der Waals surface area (Å²) in [4.78, 5) is 12.2. The van der Waals surface area contributed by atoms with Crippen molar-refractivity contribution in [3.63, 3.8) is 0 Å². The van der Waals surface area contributed by atoms with Gasteiger partial charge in [-0.25, -0.2) is 8.42 Å². The van der Waals surface area contributed by atoms with E-state index in [4.69, 9.17) is 0 Å². The topological polar surface area (TPSA) is 66.5 Å². The Bertz CT molecular complexity index is 766. The molecule has 0 aliphatic rings. The van der Waals surface area contributed by atoms with Gasteiger partial charge in [0.1, 0.15) is 0 Å². The maximum Gasteiger partial charge on any atom is 0.243 e. The zero-order valence-corrected chi connectivity index (χ0v) is 14.4. The van der Waals surface area contributed by atoms with Crippen LogP contribution in [0.15, 0.2) is 59.3 Å². The molecule has 1 amide bonds. The first-order chi connectivity index (χ1) is 10.9. The van der Waals surface area contributed by atoms with Crippen LogP contribution in [0.4, 0.5) is 5.69 Å². The van der Waals surface area contributed by atoms with Crippen molar-refractivity contribution in [2.45, 2.75) is 18.4 Å². The average Bonchev–Trinajstić information content (AvgIpc) is 3.00. The Morgan fingerprint density at radius 1 is 1.30 bits per heavy atom. The Labute approximate surface area is 140 Å². The molecule has 0 spiro atoms. The summed E-state index contributed by atoms with van der Waals surface area (Å²) in [7, 11) is -3.63. The molecule has 0 bridgehead atoms. The fourth-order valence-corrected chi connectivity index (χ4v) is 4.22. The van der Waals surface area contributed by atoms with Crippen LogP contribution < -0.4 is 5.32 Å². The lowest BCUT2D eigenvalue weighted by molar-refractivity contribution is -0.114. The van der Waals surface area contributed by atoms with E-state index in [-0.39, 0.29) is 17.3 Å².